The summed E-state index contributed by atoms with van der Waals surface area (Å²) in [7, 11) is 1.72. The van der Waals surface area contributed by atoms with Gasteiger partial charge in [-0.05, 0) is 98.0 Å². The van der Waals surface area contributed by atoms with Gasteiger partial charge >= 0.3 is 0 Å². The highest BCUT2D eigenvalue weighted by Gasteiger charge is 2.23. The summed E-state index contributed by atoms with van der Waals surface area (Å²) in [6, 6.07) is 39.8. The average molecular weight is 697 g/mol. The Morgan fingerprint density at radius 2 is 0.887 bits per heavy atom. The molecule has 0 radical (unpaired) electrons. The van der Waals surface area contributed by atoms with Crippen molar-refractivity contribution in [2.45, 2.75) is 73.1 Å². The molecule has 3 heteroatoms. The van der Waals surface area contributed by atoms with Crippen molar-refractivity contribution in [3.8, 4) is 28.0 Å². The summed E-state index contributed by atoms with van der Waals surface area (Å²) in [5, 5.41) is 8.87. The highest BCUT2D eigenvalue weighted by Crippen LogP contribution is 2.46. The third kappa shape index (κ3) is 5.74. The highest BCUT2D eigenvalue weighted by atomic mass is 16.5. The third-order valence-electron chi connectivity index (χ3n) is 10.7. The molecule has 0 spiro atoms. The minimum Gasteiger partial charge on any atom is -0.497 e. The van der Waals surface area contributed by atoms with Gasteiger partial charge in [-0.3, -0.25) is 0 Å². The number of rotatable bonds is 3. The molecule has 9 rings (SSSR count). The molecule has 2 aromatic heterocycles. The minimum absolute atomic E-state index is 0.0615. The molecule has 0 atom stereocenters. The van der Waals surface area contributed by atoms with E-state index in [0.717, 1.165) is 82.7 Å². The number of fused-ring (bicyclic) bond motifs is 8. The Morgan fingerprint density at radius 3 is 1.32 bits per heavy atom. The van der Waals surface area contributed by atoms with Crippen LogP contribution in [0.1, 0.15) is 72.1 Å². The molecule has 266 valence electrons. The van der Waals surface area contributed by atoms with Crippen LogP contribution < -0.4 is 4.74 Å². The molecule has 0 saturated heterocycles. The first-order valence-corrected chi connectivity index (χ1v) is 18.9. The van der Waals surface area contributed by atoms with E-state index in [9.17, 15) is 0 Å². The third-order valence-corrected chi connectivity index (χ3v) is 10.7. The van der Waals surface area contributed by atoms with Gasteiger partial charge in [0.15, 0.2) is 0 Å². The maximum atomic E-state index is 6.93. The molecule has 0 N–H and O–H groups in total. The molecule has 0 amide bonds. The van der Waals surface area contributed by atoms with Gasteiger partial charge in [-0.15, -0.1) is 0 Å². The molecule has 0 fully saturated rings. The zero-order valence-corrected chi connectivity index (χ0v) is 32.6. The Labute approximate surface area is 312 Å². The summed E-state index contributed by atoms with van der Waals surface area (Å²) < 4.78 is 19.5. The summed E-state index contributed by atoms with van der Waals surface area (Å²) >= 11 is 0. The van der Waals surface area contributed by atoms with E-state index >= 15 is 0 Å². The fraction of sp³-hybridized carbons (Fsp3) is 0.240. The molecule has 0 aliphatic heterocycles. The van der Waals surface area contributed by atoms with Crippen molar-refractivity contribution in [3.63, 3.8) is 0 Å². The number of ether oxygens (including phenoxy) is 1. The fourth-order valence-corrected chi connectivity index (χ4v) is 7.80. The molecule has 9 aromatic rings. The van der Waals surface area contributed by atoms with Gasteiger partial charge in [0.25, 0.3) is 0 Å². The van der Waals surface area contributed by atoms with E-state index in [-0.39, 0.29) is 10.8 Å². The molecule has 0 aliphatic rings. The van der Waals surface area contributed by atoms with Crippen LogP contribution in [-0.2, 0) is 10.8 Å². The van der Waals surface area contributed by atoms with Crippen LogP contribution in [0.2, 0.25) is 0 Å². The number of furan rings is 2. The Hall–Kier alpha value is -5.54. The van der Waals surface area contributed by atoms with Gasteiger partial charge in [-0.25, -0.2) is 0 Å². The Balaban J connectivity index is 0.00000197. The van der Waals surface area contributed by atoms with Crippen LogP contribution in [0.3, 0.4) is 0 Å². The molecular weight excluding hydrogens is 649 g/mol. The van der Waals surface area contributed by atoms with Gasteiger partial charge in [0.2, 0.25) is 0 Å². The monoisotopic (exact) mass is 696 g/mol. The molecule has 0 saturated carbocycles. The maximum absolute atomic E-state index is 6.93. The summed E-state index contributed by atoms with van der Waals surface area (Å²) in [4.78, 5) is 0. The number of hydrogen-bond acceptors (Lipinski definition) is 3. The Morgan fingerprint density at radius 1 is 0.453 bits per heavy atom. The van der Waals surface area contributed by atoms with Crippen molar-refractivity contribution in [2.24, 2.45) is 0 Å². The Bertz CT molecular complexity index is 2830. The van der Waals surface area contributed by atoms with Crippen molar-refractivity contribution in [3.05, 3.63) is 126 Å². The van der Waals surface area contributed by atoms with Crippen molar-refractivity contribution in [2.75, 3.05) is 7.11 Å². The maximum Gasteiger partial charge on any atom is 0.143 e. The average Bonchev–Trinajstić information content (AvgIpc) is 3.68. The van der Waals surface area contributed by atoms with E-state index in [1.807, 2.05) is 19.9 Å². The second-order valence-electron chi connectivity index (χ2n) is 16.3. The summed E-state index contributed by atoms with van der Waals surface area (Å²) in [6.07, 6.45) is 0. The van der Waals surface area contributed by atoms with Crippen LogP contribution in [0.25, 0.3) is 87.7 Å². The van der Waals surface area contributed by atoms with Gasteiger partial charge in [0.05, 0.1) is 7.11 Å². The standard InChI is InChI=1S/C48H42O3.C2H6/c1-27-9-10-30-22-39-37-25-42-38(26-41(37)50-45(39)43(35(30)21-27)28-11-16-32(17-12-28)47(2,3)4)40-23-31-15-20-34(49-8)24-36(31)44(46(40)51-42)29-13-18-33(19-14-29)48(5,6)7;1-2/h9-26H,1-8H3;1-2H3. The van der Waals surface area contributed by atoms with Crippen molar-refractivity contribution >= 4 is 65.4 Å². The molecule has 53 heavy (non-hydrogen) atoms. The largest absolute Gasteiger partial charge is 0.497 e. The first-order chi connectivity index (χ1) is 25.4. The van der Waals surface area contributed by atoms with E-state index in [1.165, 1.54) is 27.5 Å². The van der Waals surface area contributed by atoms with Gasteiger partial charge in [-0.2, -0.15) is 0 Å². The second-order valence-corrected chi connectivity index (χ2v) is 16.3. The number of hydrogen-bond donors (Lipinski definition) is 0. The van der Waals surface area contributed by atoms with E-state index in [1.54, 1.807) is 7.11 Å². The van der Waals surface area contributed by atoms with E-state index in [4.69, 9.17) is 13.6 Å². The highest BCUT2D eigenvalue weighted by molar-refractivity contribution is 6.24. The second kappa shape index (κ2) is 12.6. The summed E-state index contributed by atoms with van der Waals surface area (Å²) in [6.45, 7) is 19.7. The van der Waals surface area contributed by atoms with Gasteiger partial charge < -0.3 is 13.6 Å². The first-order valence-electron chi connectivity index (χ1n) is 18.9. The predicted octanol–water partition coefficient (Wildman–Crippen LogP) is 15.1. The molecule has 0 bridgehead atoms. The molecular formula is C50H48O3. The van der Waals surface area contributed by atoms with Crippen LogP contribution >= 0.6 is 0 Å². The lowest BCUT2D eigenvalue weighted by molar-refractivity contribution is 0.415. The number of benzene rings is 7. The number of aryl methyl sites for hydroxylation is 1. The molecule has 0 unspecified atom stereocenters. The van der Waals surface area contributed by atoms with Crippen molar-refractivity contribution in [1.29, 1.82) is 0 Å². The lowest BCUT2D eigenvalue weighted by Crippen LogP contribution is -2.10. The van der Waals surface area contributed by atoms with Crippen LogP contribution in [0.15, 0.2) is 118 Å². The van der Waals surface area contributed by atoms with Crippen molar-refractivity contribution in [1.82, 2.24) is 0 Å². The number of methoxy groups -OCH3 is 1. The van der Waals surface area contributed by atoms with Crippen LogP contribution in [-0.4, -0.2) is 7.11 Å². The molecule has 7 aromatic carbocycles. The van der Waals surface area contributed by atoms with E-state index < -0.39 is 0 Å². The molecule has 0 aliphatic carbocycles. The molecule has 2 heterocycles. The van der Waals surface area contributed by atoms with Gasteiger partial charge in [0.1, 0.15) is 28.1 Å². The Kier molecular flexibility index (Phi) is 8.18. The summed E-state index contributed by atoms with van der Waals surface area (Å²) in [5.41, 5.74) is 11.9. The van der Waals surface area contributed by atoms with Gasteiger partial charge in [0, 0.05) is 32.7 Å². The lowest BCUT2D eigenvalue weighted by atomic mass is 9.85. The fourth-order valence-electron chi connectivity index (χ4n) is 7.80. The van der Waals surface area contributed by atoms with Crippen LogP contribution in [0, 0.1) is 6.92 Å². The van der Waals surface area contributed by atoms with E-state index in [0.29, 0.717) is 0 Å². The quantitative estimate of drug-likeness (QED) is 0.184. The molecule has 3 nitrogen and oxygen atoms in total. The van der Waals surface area contributed by atoms with Crippen LogP contribution in [0.4, 0.5) is 0 Å². The minimum atomic E-state index is 0.0615. The SMILES string of the molecule is CC.COc1ccc2cc3c(oc4cc5c(cc43)oc3c(-c4ccc(C(C)(C)C)cc4)c4cc(C)ccc4cc35)c(-c3ccc(C(C)(C)C)cc3)c2c1. The smallest absolute Gasteiger partial charge is 0.143 e. The zero-order chi connectivity index (χ0) is 37.4. The first kappa shape index (κ1) is 34.5. The normalized spacial score (nSPS) is 12.3. The van der Waals surface area contributed by atoms with Gasteiger partial charge in [-0.1, -0.05) is 134 Å². The predicted molar refractivity (Wildman–Crippen MR) is 227 cm³/mol. The zero-order valence-electron chi connectivity index (χ0n) is 32.6. The topological polar surface area (TPSA) is 35.5 Å². The van der Waals surface area contributed by atoms with E-state index in [2.05, 4.69) is 152 Å². The lowest BCUT2D eigenvalue weighted by Gasteiger charge is -2.19. The summed E-state index contributed by atoms with van der Waals surface area (Å²) in [5.74, 6) is 0.820. The van der Waals surface area contributed by atoms with Crippen molar-refractivity contribution < 1.29 is 13.6 Å². The van der Waals surface area contributed by atoms with Crippen LogP contribution in [0.5, 0.6) is 5.75 Å².